The van der Waals surface area contributed by atoms with Gasteiger partial charge in [-0.2, -0.15) is 0 Å². The van der Waals surface area contributed by atoms with Crippen LogP contribution in [0.3, 0.4) is 0 Å². The summed E-state index contributed by atoms with van der Waals surface area (Å²) < 4.78 is 1.92. The number of ketones is 1. The predicted molar refractivity (Wildman–Crippen MR) is 145 cm³/mol. The number of guanidine groups is 1. The number of amides is 1. The maximum atomic E-state index is 13.7. The molecule has 1 amide bonds. The maximum absolute atomic E-state index is 13.7. The molecule has 0 aliphatic carbocycles. The van der Waals surface area contributed by atoms with E-state index in [0.29, 0.717) is 29.8 Å². The third kappa shape index (κ3) is 4.65. The van der Waals surface area contributed by atoms with Crippen LogP contribution in [0.25, 0.3) is 11.1 Å². The molecule has 2 aromatic heterocycles. The number of nitrogens with two attached hydrogens (primary N) is 1. The highest BCUT2D eigenvalue weighted by atomic mass is 31.0. The Labute approximate surface area is 209 Å². The van der Waals surface area contributed by atoms with Gasteiger partial charge in [0.1, 0.15) is 0 Å². The third-order valence-corrected chi connectivity index (χ3v) is 6.52. The first-order chi connectivity index (χ1) is 16.8. The summed E-state index contributed by atoms with van der Waals surface area (Å²) in [4.78, 5) is 36.8. The number of aryl methyl sites for hydroxylation is 1. The topological polar surface area (TPSA) is 93.6 Å². The molecular formula is C27H34N5O2P. The Bertz CT molecular complexity index is 1270. The van der Waals surface area contributed by atoms with Gasteiger partial charge in [0.15, 0.2) is 17.3 Å². The Balaban J connectivity index is 0.00000167. The molecule has 1 aliphatic rings. The average Bonchev–Trinajstić information content (AvgIpc) is 3.40. The molecule has 4 rings (SSSR count). The number of rotatable bonds is 7. The van der Waals surface area contributed by atoms with Crippen molar-refractivity contribution < 1.29 is 9.59 Å². The quantitative estimate of drug-likeness (QED) is 0.398. The van der Waals surface area contributed by atoms with Crippen LogP contribution >= 0.6 is 9.24 Å². The fraction of sp³-hybridized carbons (Fsp3) is 0.333. The summed E-state index contributed by atoms with van der Waals surface area (Å²) in [6, 6.07) is 13.4. The summed E-state index contributed by atoms with van der Waals surface area (Å²) in [5.41, 5.74) is 9.37. The van der Waals surface area contributed by atoms with Crippen molar-refractivity contribution >= 4 is 32.3 Å². The zero-order chi connectivity index (χ0) is 25.8. The second-order valence-electron chi connectivity index (χ2n) is 8.15. The smallest absolute Gasteiger partial charge is 0.266 e. The Hall–Kier alpha value is -3.31. The lowest BCUT2D eigenvalue weighted by Crippen LogP contribution is -2.41. The molecule has 2 atom stereocenters. The normalized spacial score (nSPS) is 17.1. The molecule has 35 heavy (non-hydrogen) atoms. The monoisotopic (exact) mass is 491 g/mol. The van der Waals surface area contributed by atoms with Gasteiger partial charge in [0.25, 0.3) is 5.91 Å². The summed E-state index contributed by atoms with van der Waals surface area (Å²) in [5, 5.41) is 0. The summed E-state index contributed by atoms with van der Waals surface area (Å²) in [5.74, 6) is -0.0823. The second-order valence-corrected chi connectivity index (χ2v) is 8.69. The van der Waals surface area contributed by atoms with Crippen molar-refractivity contribution in [2.75, 3.05) is 7.05 Å². The van der Waals surface area contributed by atoms with Crippen LogP contribution in [0.2, 0.25) is 0 Å². The molecule has 0 saturated carbocycles. The van der Waals surface area contributed by atoms with Crippen molar-refractivity contribution in [2.45, 2.75) is 52.6 Å². The minimum Gasteiger partial charge on any atom is -0.369 e. The van der Waals surface area contributed by atoms with E-state index in [1.807, 2.05) is 67.9 Å². The van der Waals surface area contributed by atoms with Crippen molar-refractivity contribution in [3.8, 4) is 11.1 Å². The lowest BCUT2D eigenvalue weighted by atomic mass is 9.83. The van der Waals surface area contributed by atoms with E-state index >= 15 is 0 Å². The number of hydrogen-bond donors (Lipinski definition) is 1. The van der Waals surface area contributed by atoms with E-state index in [4.69, 9.17) is 10.7 Å². The maximum Gasteiger partial charge on any atom is 0.266 e. The molecule has 0 bridgehead atoms. The molecule has 0 fully saturated rings. The van der Waals surface area contributed by atoms with Crippen molar-refractivity contribution in [3.05, 3.63) is 71.7 Å². The van der Waals surface area contributed by atoms with Crippen LogP contribution in [0.1, 0.15) is 62.2 Å². The van der Waals surface area contributed by atoms with Crippen LogP contribution in [-0.4, -0.2) is 39.1 Å². The van der Waals surface area contributed by atoms with Crippen LogP contribution in [0.4, 0.5) is 0 Å². The number of hydrogen-bond acceptors (Lipinski definition) is 5. The van der Waals surface area contributed by atoms with E-state index in [9.17, 15) is 9.59 Å². The van der Waals surface area contributed by atoms with E-state index in [-0.39, 0.29) is 17.6 Å². The van der Waals surface area contributed by atoms with Gasteiger partial charge in [0.2, 0.25) is 0 Å². The molecule has 2 N–H and O–H groups in total. The number of carbonyl (C=O) groups is 2. The van der Waals surface area contributed by atoms with Crippen molar-refractivity contribution in [3.63, 3.8) is 0 Å². The molecule has 0 spiro atoms. The third-order valence-electron chi connectivity index (χ3n) is 6.06. The highest BCUT2D eigenvalue weighted by Crippen LogP contribution is 2.41. The van der Waals surface area contributed by atoms with E-state index in [1.54, 1.807) is 19.3 Å². The number of Topliss-reactive ketones (excluding diaryl/α,β-unsaturated/α-hetero) is 1. The van der Waals surface area contributed by atoms with E-state index in [1.165, 1.54) is 4.90 Å². The second kappa shape index (κ2) is 11.0. The van der Waals surface area contributed by atoms with Gasteiger partial charge in [-0.25, -0.2) is 4.99 Å². The number of pyridine rings is 1. The lowest BCUT2D eigenvalue weighted by Gasteiger charge is -2.25. The zero-order valence-electron chi connectivity index (χ0n) is 21.1. The van der Waals surface area contributed by atoms with Gasteiger partial charge in [-0.15, -0.1) is 0 Å². The first-order valence-corrected chi connectivity index (χ1v) is 12.6. The molecule has 184 valence electrons. The molecule has 2 unspecified atom stereocenters. The van der Waals surface area contributed by atoms with Crippen molar-refractivity contribution in [2.24, 2.45) is 10.7 Å². The molecule has 1 aliphatic heterocycles. The minimum absolute atomic E-state index is 0.0253. The van der Waals surface area contributed by atoms with Gasteiger partial charge in [-0.05, 0) is 35.7 Å². The van der Waals surface area contributed by atoms with Gasteiger partial charge < -0.3 is 10.3 Å². The number of aromatic nitrogens is 2. The van der Waals surface area contributed by atoms with Crippen LogP contribution in [0, 0.1) is 0 Å². The van der Waals surface area contributed by atoms with Gasteiger partial charge >= 0.3 is 0 Å². The summed E-state index contributed by atoms with van der Waals surface area (Å²) in [7, 11) is 4.27. The standard InChI is InChI=1S/C25H28N5O2P.C2H6/c1-4-12-30-15-18(14-20(30)21(31)5-2)25(23(32)29(3)24(26)28-25)17-9-6-8-16(13-17)19-10-7-11-27-22(19)33;1-2/h6-11,13-15H,4-5,12,33H2,1-3H3,(H2,26,28);1-2H3. The van der Waals surface area contributed by atoms with E-state index in [2.05, 4.69) is 21.1 Å². The lowest BCUT2D eigenvalue weighted by molar-refractivity contribution is -0.129. The molecule has 3 aromatic rings. The van der Waals surface area contributed by atoms with Crippen LogP contribution in [0.15, 0.2) is 59.9 Å². The molecule has 0 saturated heterocycles. The zero-order valence-corrected chi connectivity index (χ0v) is 22.2. The molecule has 3 heterocycles. The van der Waals surface area contributed by atoms with Gasteiger partial charge in [-0.3, -0.25) is 19.5 Å². The van der Waals surface area contributed by atoms with E-state index < -0.39 is 5.54 Å². The number of nitrogens with zero attached hydrogens (tertiary/aromatic N) is 4. The first kappa shape index (κ1) is 26.3. The van der Waals surface area contributed by atoms with Crippen molar-refractivity contribution in [1.29, 1.82) is 0 Å². The molecule has 7 nitrogen and oxygen atoms in total. The molecule has 8 heteroatoms. The predicted octanol–water partition coefficient (Wildman–Crippen LogP) is 4.11. The number of likely N-dealkylation sites (N-methyl/N-ethyl adjacent to an activating group) is 1. The largest absolute Gasteiger partial charge is 0.369 e. The van der Waals surface area contributed by atoms with E-state index in [0.717, 1.165) is 23.0 Å². The summed E-state index contributed by atoms with van der Waals surface area (Å²) in [6.07, 6.45) is 4.85. The summed E-state index contributed by atoms with van der Waals surface area (Å²) in [6.45, 7) is 8.56. The molecule has 1 aromatic carbocycles. The Morgan fingerprint density at radius 2 is 1.86 bits per heavy atom. The number of aliphatic imine (C=N–C) groups is 1. The van der Waals surface area contributed by atoms with Crippen LogP contribution in [0.5, 0.6) is 0 Å². The van der Waals surface area contributed by atoms with Crippen LogP contribution < -0.4 is 11.2 Å². The van der Waals surface area contributed by atoms with Gasteiger partial charge in [-0.1, -0.05) is 61.2 Å². The first-order valence-electron chi connectivity index (χ1n) is 12.0. The molecular weight excluding hydrogens is 457 g/mol. The highest BCUT2D eigenvalue weighted by molar-refractivity contribution is 7.27. The number of carbonyl (C=O) groups excluding carboxylic acids is 2. The Kier molecular flexibility index (Phi) is 8.23. The fourth-order valence-corrected chi connectivity index (χ4v) is 4.66. The van der Waals surface area contributed by atoms with Gasteiger partial charge in [0, 0.05) is 43.5 Å². The Morgan fingerprint density at radius 3 is 2.46 bits per heavy atom. The fourth-order valence-electron chi connectivity index (χ4n) is 4.31. The number of benzene rings is 1. The SMILES string of the molecule is CC.CCCn1cc(C2(c3cccc(-c4cccnc4P)c3)N=C(N)N(C)C2=O)cc1C(=O)CC. The average molecular weight is 492 g/mol. The van der Waals surface area contributed by atoms with Gasteiger partial charge in [0.05, 0.1) is 11.1 Å². The molecule has 0 radical (unpaired) electrons. The highest BCUT2D eigenvalue weighted by Gasteiger charge is 2.50. The Morgan fingerprint density at radius 1 is 1.11 bits per heavy atom. The minimum atomic E-state index is -1.36. The summed E-state index contributed by atoms with van der Waals surface area (Å²) >= 11 is 0. The van der Waals surface area contributed by atoms with Crippen LogP contribution in [-0.2, 0) is 16.9 Å². The van der Waals surface area contributed by atoms with Crippen molar-refractivity contribution in [1.82, 2.24) is 14.5 Å².